The fourth-order valence-corrected chi connectivity index (χ4v) is 4.76. The first-order valence-electron chi connectivity index (χ1n) is 10.4. The van der Waals surface area contributed by atoms with Crippen molar-refractivity contribution < 1.29 is 30.0 Å². The van der Waals surface area contributed by atoms with E-state index >= 15 is 0 Å². The van der Waals surface area contributed by atoms with E-state index in [0.717, 1.165) is 4.47 Å². The molecule has 180 valence electrons. The highest BCUT2D eigenvalue weighted by molar-refractivity contribution is 9.10. The number of aromatic amines is 1. The summed E-state index contributed by atoms with van der Waals surface area (Å²) >= 11 is 6.71. The maximum atomic E-state index is 12.7. The SMILES string of the molecule is O=C(O)CN(CCC(Cc1cc(Br)ccc1O)(C(=O)O)c1ccc[nH]1)Cc1cc(Br)ccc1O. The van der Waals surface area contributed by atoms with E-state index in [0.29, 0.717) is 21.3 Å². The summed E-state index contributed by atoms with van der Waals surface area (Å²) in [5.74, 6) is -2.18. The minimum Gasteiger partial charge on any atom is -0.508 e. The van der Waals surface area contributed by atoms with Crippen molar-refractivity contribution in [1.82, 2.24) is 9.88 Å². The molecule has 34 heavy (non-hydrogen) atoms. The van der Waals surface area contributed by atoms with Gasteiger partial charge in [-0.05, 0) is 66.9 Å². The predicted molar refractivity (Wildman–Crippen MR) is 133 cm³/mol. The summed E-state index contributed by atoms with van der Waals surface area (Å²) in [6.07, 6.45) is 1.66. The minimum atomic E-state index is -1.46. The van der Waals surface area contributed by atoms with E-state index in [4.69, 9.17) is 0 Å². The van der Waals surface area contributed by atoms with Crippen molar-refractivity contribution in [2.75, 3.05) is 13.1 Å². The number of phenols is 2. The largest absolute Gasteiger partial charge is 0.508 e. The van der Waals surface area contributed by atoms with Crippen molar-refractivity contribution in [3.05, 3.63) is 80.5 Å². The number of H-pyrrole nitrogens is 1. The Morgan fingerprint density at radius 2 is 1.56 bits per heavy atom. The summed E-state index contributed by atoms with van der Waals surface area (Å²) in [6.45, 7) is -0.118. The van der Waals surface area contributed by atoms with Gasteiger partial charge >= 0.3 is 11.9 Å². The number of halogens is 2. The zero-order valence-corrected chi connectivity index (χ0v) is 21.2. The monoisotopic (exact) mass is 594 g/mol. The highest BCUT2D eigenvalue weighted by Gasteiger charge is 2.42. The number of nitrogens with zero attached hydrogens (tertiary/aromatic N) is 1. The molecule has 8 nitrogen and oxygen atoms in total. The molecule has 0 aliphatic carbocycles. The summed E-state index contributed by atoms with van der Waals surface area (Å²) in [7, 11) is 0. The van der Waals surface area contributed by atoms with Crippen molar-refractivity contribution in [3.8, 4) is 11.5 Å². The second-order valence-electron chi connectivity index (χ2n) is 8.05. The standard InChI is InChI=1S/C24H24Br2N2O6/c25-17-3-5-19(29)15(10-17)12-24(23(33)34,21-2-1-8-27-21)7-9-28(14-22(31)32)13-16-11-18(26)4-6-20(16)30/h1-6,8,10-11,27,29-30H,7,9,12-14H2,(H,31,32)(H,33,34). The molecule has 0 aliphatic heterocycles. The molecular weight excluding hydrogens is 572 g/mol. The number of hydrogen-bond acceptors (Lipinski definition) is 5. The van der Waals surface area contributed by atoms with E-state index in [1.165, 1.54) is 12.1 Å². The molecule has 0 saturated heterocycles. The zero-order chi connectivity index (χ0) is 24.9. The molecule has 1 aromatic heterocycles. The number of aromatic hydroxyl groups is 2. The Bertz CT molecular complexity index is 1170. The molecular formula is C24H24Br2N2O6. The predicted octanol–water partition coefficient (Wildman–Crippen LogP) is 4.49. The second kappa shape index (κ2) is 11.1. The van der Waals surface area contributed by atoms with Gasteiger partial charge in [-0.3, -0.25) is 14.5 Å². The van der Waals surface area contributed by atoms with Crippen LogP contribution in [0, 0.1) is 0 Å². The van der Waals surface area contributed by atoms with Crippen molar-refractivity contribution in [3.63, 3.8) is 0 Å². The Kier molecular flexibility index (Phi) is 8.40. The van der Waals surface area contributed by atoms with Crippen LogP contribution in [0.5, 0.6) is 11.5 Å². The fourth-order valence-electron chi connectivity index (χ4n) is 3.94. The van der Waals surface area contributed by atoms with Crippen molar-refractivity contribution in [2.24, 2.45) is 0 Å². The smallest absolute Gasteiger partial charge is 0.317 e. The molecule has 0 saturated carbocycles. The molecule has 1 unspecified atom stereocenters. The Labute approximate surface area is 213 Å². The quantitative estimate of drug-likeness (QED) is 0.220. The molecule has 10 heteroatoms. The van der Waals surface area contributed by atoms with Gasteiger partial charge in [-0.15, -0.1) is 0 Å². The molecule has 0 bridgehead atoms. The first kappa shape index (κ1) is 25.8. The lowest BCUT2D eigenvalue weighted by atomic mass is 9.75. The maximum Gasteiger partial charge on any atom is 0.317 e. The van der Waals surface area contributed by atoms with E-state index in [-0.39, 0.29) is 44.0 Å². The molecule has 0 aliphatic rings. The third kappa shape index (κ3) is 6.19. The minimum absolute atomic E-state index is 0.0167. The highest BCUT2D eigenvalue weighted by Crippen LogP contribution is 2.36. The van der Waals surface area contributed by atoms with E-state index in [1.54, 1.807) is 47.5 Å². The van der Waals surface area contributed by atoms with Crippen LogP contribution >= 0.6 is 31.9 Å². The summed E-state index contributed by atoms with van der Waals surface area (Å²) in [5, 5.41) is 40.4. The number of aliphatic carboxylic acids is 2. The zero-order valence-electron chi connectivity index (χ0n) is 18.0. The molecule has 3 aromatic rings. The van der Waals surface area contributed by atoms with Gasteiger partial charge in [-0.25, -0.2) is 0 Å². The van der Waals surface area contributed by atoms with Crippen LogP contribution in [0.1, 0.15) is 23.2 Å². The third-order valence-corrected chi connectivity index (χ3v) is 6.69. The lowest BCUT2D eigenvalue weighted by Gasteiger charge is -2.32. The highest BCUT2D eigenvalue weighted by atomic mass is 79.9. The lowest BCUT2D eigenvalue weighted by Crippen LogP contribution is -2.43. The van der Waals surface area contributed by atoms with Gasteiger partial charge in [0.15, 0.2) is 0 Å². The Balaban J connectivity index is 1.95. The maximum absolute atomic E-state index is 12.7. The number of carboxylic acid groups (broad SMARTS) is 2. The third-order valence-electron chi connectivity index (χ3n) is 5.71. The van der Waals surface area contributed by atoms with Gasteiger partial charge in [0.1, 0.15) is 16.9 Å². The van der Waals surface area contributed by atoms with Crippen LogP contribution in [-0.2, 0) is 28.0 Å². The Morgan fingerprint density at radius 1 is 0.941 bits per heavy atom. The molecule has 0 spiro atoms. The second-order valence-corrected chi connectivity index (χ2v) is 9.88. The van der Waals surface area contributed by atoms with E-state index in [1.807, 2.05) is 0 Å². The van der Waals surface area contributed by atoms with Crippen molar-refractivity contribution >= 4 is 43.8 Å². The van der Waals surface area contributed by atoms with Gasteiger partial charge < -0.3 is 25.4 Å². The number of benzene rings is 2. The average Bonchev–Trinajstić information content (AvgIpc) is 3.30. The van der Waals surface area contributed by atoms with Gasteiger partial charge in [-0.1, -0.05) is 31.9 Å². The topological polar surface area (TPSA) is 134 Å². The summed E-state index contributed by atoms with van der Waals surface area (Å²) in [5.41, 5.74) is -0.0560. The molecule has 1 heterocycles. The number of carbonyl (C=O) groups is 2. The molecule has 0 fully saturated rings. The molecule has 0 radical (unpaired) electrons. The van der Waals surface area contributed by atoms with Gasteiger partial charge in [0, 0.05) is 39.5 Å². The van der Waals surface area contributed by atoms with Gasteiger partial charge in [0.25, 0.3) is 0 Å². The van der Waals surface area contributed by atoms with E-state index < -0.39 is 17.4 Å². The van der Waals surface area contributed by atoms with Crippen molar-refractivity contribution in [1.29, 1.82) is 0 Å². The van der Waals surface area contributed by atoms with Crippen molar-refractivity contribution in [2.45, 2.75) is 24.8 Å². The van der Waals surface area contributed by atoms with E-state index in [9.17, 15) is 30.0 Å². The molecule has 2 aromatic carbocycles. The van der Waals surface area contributed by atoms with Crippen LogP contribution in [0.2, 0.25) is 0 Å². The summed E-state index contributed by atoms with van der Waals surface area (Å²) in [6, 6.07) is 13.1. The average molecular weight is 596 g/mol. The van der Waals surface area contributed by atoms with Gasteiger partial charge in [-0.2, -0.15) is 0 Å². The van der Waals surface area contributed by atoms with Crippen LogP contribution in [0.4, 0.5) is 0 Å². The number of aromatic nitrogens is 1. The first-order valence-corrected chi connectivity index (χ1v) is 12.0. The lowest BCUT2D eigenvalue weighted by molar-refractivity contribution is -0.144. The summed E-state index contributed by atoms with van der Waals surface area (Å²) < 4.78 is 1.43. The Morgan fingerprint density at radius 3 is 2.12 bits per heavy atom. The number of nitrogens with one attached hydrogen (secondary N) is 1. The summed E-state index contributed by atoms with van der Waals surface area (Å²) in [4.78, 5) is 28.8. The first-order chi connectivity index (χ1) is 16.1. The molecule has 5 N–H and O–H groups in total. The fraction of sp³-hybridized carbons (Fsp3) is 0.250. The van der Waals surface area contributed by atoms with Crippen LogP contribution in [0.25, 0.3) is 0 Å². The van der Waals surface area contributed by atoms with Crippen LogP contribution < -0.4 is 0 Å². The molecule has 3 rings (SSSR count). The Hall–Kier alpha value is -2.82. The normalized spacial score (nSPS) is 13.0. The van der Waals surface area contributed by atoms with Gasteiger partial charge in [0.05, 0.1) is 6.54 Å². The molecule has 0 amide bonds. The number of phenolic OH excluding ortho intramolecular Hbond substituents is 2. The van der Waals surface area contributed by atoms with Crippen LogP contribution in [0.15, 0.2) is 63.7 Å². The van der Waals surface area contributed by atoms with Gasteiger partial charge in [0.2, 0.25) is 0 Å². The van der Waals surface area contributed by atoms with Crippen LogP contribution in [-0.4, -0.2) is 55.3 Å². The van der Waals surface area contributed by atoms with E-state index in [2.05, 4.69) is 36.8 Å². The number of hydrogen-bond donors (Lipinski definition) is 5. The number of carboxylic acids is 2. The molecule has 1 atom stereocenters. The number of rotatable bonds is 11. The van der Waals surface area contributed by atoms with Crippen LogP contribution in [0.3, 0.4) is 0 Å².